The van der Waals surface area contributed by atoms with Gasteiger partial charge in [-0.3, -0.25) is 9.97 Å². The monoisotopic (exact) mass is 473 g/mol. The second-order valence-electron chi connectivity index (χ2n) is 5.03. The zero-order valence-electron chi connectivity index (χ0n) is 16.0. The summed E-state index contributed by atoms with van der Waals surface area (Å²) in [6, 6.07) is 10.5. The molecule has 0 spiro atoms. The number of carbonyl (C=O) groups is 2. The zero-order chi connectivity index (χ0) is 22.2. The van der Waals surface area contributed by atoms with Gasteiger partial charge in [0.15, 0.2) is 0 Å². The fourth-order valence-corrected chi connectivity index (χ4v) is 1.69. The molecule has 2 N–H and O–H groups in total. The quantitative estimate of drug-likeness (QED) is 0.219. The van der Waals surface area contributed by atoms with Crippen molar-refractivity contribution in [3.8, 4) is 0 Å². The second kappa shape index (κ2) is 15.8. The van der Waals surface area contributed by atoms with Crippen molar-refractivity contribution in [2.24, 2.45) is 10.3 Å². The number of aromatic carboxylic acids is 2. The normalized spacial score (nSPS) is 9.55. The van der Waals surface area contributed by atoms with Crippen molar-refractivity contribution < 1.29 is 49.7 Å². The number of carbonyl (C=O) groups excluding carboxylic acids is 2. The van der Waals surface area contributed by atoms with E-state index in [0.717, 1.165) is 23.3 Å². The Morgan fingerprint density at radius 3 is 1.39 bits per heavy atom. The SMILES string of the molecule is O/N=C/c1ccncc1.O/N=C/c1ccncc1.O=C([O-])c1cccc(C(=O)[O-])n1.[Zn+2]. The Labute approximate surface area is 189 Å². The van der Waals surface area contributed by atoms with Crippen LogP contribution in [0.1, 0.15) is 32.1 Å². The molecule has 3 aromatic heterocycles. The van der Waals surface area contributed by atoms with Crippen molar-refractivity contribution >= 4 is 24.4 Å². The average Bonchev–Trinajstić information content (AvgIpc) is 2.77. The summed E-state index contributed by atoms with van der Waals surface area (Å²) in [5.74, 6) is -3.03. The minimum absolute atomic E-state index is 0. The topological polar surface area (TPSA) is 184 Å². The molecule has 0 bridgehead atoms. The molecular weight excluding hydrogens is 460 g/mol. The van der Waals surface area contributed by atoms with Crippen LogP contribution in [0.2, 0.25) is 0 Å². The van der Waals surface area contributed by atoms with Crippen molar-refractivity contribution in [2.45, 2.75) is 0 Å². The summed E-state index contributed by atoms with van der Waals surface area (Å²) in [6.45, 7) is 0. The molecule has 0 aliphatic rings. The predicted octanol–water partition coefficient (Wildman–Crippen LogP) is -0.415. The van der Waals surface area contributed by atoms with Gasteiger partial charge in [-0.05, 0) is 47.5 Å². The standard InChI is InChI=1S/C7H5NO4.2C6H6N2O.Zn/c9-6(10)4-2-1-3-5(8-4)7(11)12;2*9-8-5-6-1-3-7-4-2-6;/h1-3H,(H,9,10)(H,11,12);2*1-5,9H;/q;;;+2/p-2/b;2*8-5+;. The molecule has 0 radical (unpaired) electrons. The van der Waals surface area contributed by atoms with Crippen molar-refractivity contribution in [2.75, 3.05) is 0 Å². The van der Waals surface area contributed by atoms with E-state index < -0.39 is 23.3 Å². The maximum atomic E-state index is 10.2. The molecule has 0 fully saturated rings. The van der Waals surface area contributed by atoms with Gasteiger partial charge in [-0.1, -0.05) is 16.4 Å². The molecule has 0 atom stereocenters. The van der Waals surface area contributed by atoms with Crippen LogP contribution < -0.4 is 10.2 Å². The van der Waals surface area contributed by atoms with Crippen molar-refractivity contribution in [3.05, 3.63) is 89.8 Å². The van der Waals surface area contributed by atoms with Gasteiger partial charge in [0.1, 0.15) is 0 Å². The van der Waals surface area contributed by atoms with Gasteiger partial charge < -0.3 is 30.2 Å². The number of rotatable bonds is 4. The van der Waals surface area contributed by atoms with Gasteiger partial charge in [-0.25, -0.2) is 4.98 Å². The number of carboxylic acid groups (broad SMARTS) is 2. The Balaban J connectivity index is 0.000000435. The van der Waals surface area contributed by atoms with Gasteiger partial charge in [-0.15, -0.1) is 0 Å². The smallest absolute Gasteiger partial charge is 0.543 e. The summed E-state index contributed by atoms with van der Waals surface area (Å²) in [5, 5.41) is 42.2. The van der Waals surface area contributed by atoms with E-state index >= 15 is 0 Å². The molecule has 3 rings (SSSR count). The fourth-order valence-electron chi connectivity index (χ4n) is 1.69. The molecule has 11 nitrogen and oxygen atoms in total. The summed E-state index contributed by atoms with van der Waals surface area (Å²) in [5.41, 5.74) is 0.841. The first-order valence-electron chi connectivity index (χ1n) is 8.02. The van der Waals surface area contributed by atoms with Crippen LogP contribution in [0, 0.1) is 0 Å². The molecule has 0 aromatic carbocycles. The number of hydrogen-bond donors (Lipinski definition) is 2. The van der Waals surface area contributed by atoms with E-state index in [2.05, 4.69) is 25.3 Å². The fraction of sp³-hybridized carbons (Fsp3) is 0. The maximum absolute atomic E-state index is 10.2. The van der Waals surface area contributed by atoms with Gasteiger partial charge in [-0.2, -0.15) is 0 Å². The molecule has 3 aromatic rings. The molecule has 31 heavy (non-hydrogen) atoms. The van der Waals surface area contributed by atoms with Gasteiger partial charge in [0.05, 0.1) is 35.8 Å². The van der Waals surface area contributed by atoms with Crippen LogP contribution in [-0.4, -0.2) is 49.7 Å². The zero-order valence-corrected chi connectivity index (χ0v) is 18.9. The summed E-state index contributed by atoms with van der Waals surface area (Å²) in [4.78, 5) is 31.2. The molecular formula is C19H15N5O6Zn. The van der Waals surface area contributed by atoms with Gasteiger partial charge in [0.25, 0.3) is 0 Å². The predicted molar refractivity (Wildman–Crippen MR) is 100 cm³/mol. The van der Waals surface area contributed by atoms with Gasteiger partial charge in [0.2, 0.25) is 0 Å². The number of oxime groups is 2. The van der Waals surface area contributed by atoms with Gasteiger partial charge >= 0.3 is 19.5 Å². The van der Waals surface area contributed by atoms with Crippen LogP contribution in [0.15, 0.2) is 77.6 Å². The minimum Gasteiger partial charge on any atom is -0.543 e. The van der Waals surface area contributed by atoms with Crippen LogP contribution in [0.4, 0.5) is 0 Å². The summed E-state index contributed by atoms with van der Waals surface area (Å²) >= 11 is 0. The second-order valence-corrected chi connectivity index (χ2v) is 5.03. The molecule has 0 aliphatic carbocycles. The third kappa shape index (κ3) is 11.5. The Morgan fingerprint density at radius 1 is 0.742 bits per heavy atom. The largest absolute Gasteiger partial charge is 2.00 e. The molecule has 0 aliphatic heterocycles. The first-order chi connectivity index (χ1) is 14.5. The van der Waals surface area contributed by atoms with Gasteiger partial charge in [0, 0.05) is 24.8 Å². The van der Waals surface area contributed by atoms with E-state index in [-0.39, 0.29) is 19.5 Å². The number of aromatic nitrogens is 3. The number of pyridine rings is 3. The molecule has 3 heterocycles. The minimum atomic E-state index is -1.52. The number of nitrogens with zero attached hydrogens (tertiary/aromatic N) is 5. The molecule has 0 unspecified atom stereocenters. The van der Waals surface area contributed by atoms with Crippen LogP contribution in [0.3, 0.4) is 0 Å². The Hall–Kier alpha value is -4.05. The van der Waals surface area contributed by atoms with E-state index in [4.69, 9.17) is 10.4 Å². The average molecular weight is 475 g/mol. The Morgan fingerprint density at radius 2 is 1.10 bits per heavy atom. The van der Waals surface area contributed by atoms with Crippen LogP contribution >= 0.6 is 0 Å². The van der Waals surface area contributed by atoms with E-state index in [9.17, 15) is 19.8 Å². The Bertz CT molecular complexity index is 911. The van der Waals surface area contributed by atoms with E-state index in [1.165, 1.54) is 18.5 Å². The third-order valence-electron chi connectivity index (χ3n) is 2.99. The first-order valence-corrected chi connectivity index (χ1v) is 8.02. The van der Waals surface area contributed by atoms with Crippen molar-refractivity contribution in [1.82, 2.24) is 15.0 Å². The van der Waals surface area contributed by atoms with Crippen LogP contribution in [-0.2, 0) is 19.5 Å². The summed E-state index contributed by atoms with van der Waals surface area (Å²) < 4.78 is 0. The van der Waals surface area contributed by atoms with E-state index in [1.54, 1.807) is 49.1 Å². The molecule has 12 heteroatoms. The summed E-state index contributed by atoms with van der Waals surface area (Å²) in [7, 11) is 0. The first kappa shape index (κ1) is 27.0. The maximum Gasteiger partial charge on any atom is 2.00 e. The van der Waals surface area contributed by atoms with Crippen LogP contribution in [0.5, 0.6) is 0 Å². The summed E-state index contributed by atoms with van der Waals surface area (Å²) in [6.07, 6.45) is 9.24. The number of hydrogen-bond acceptors (Lipinski definition) is 11. The molecule has 154 valence electrons. The third-order valence-corrected chi connectivity index (χ3v) is 2.99. The molecule has 0 amide bonds. The Kier molecular flexibility index (Phi) is 13.8. The number of carboxylic acids is 2. The van der Waals surface area contributed by atoms with E-state index in [0.29, 0.717) is 0 Å². The van der Waals surface area contributed by atoms with Crippen LogP contribution in [0.25, 0.3) is 0 Å². The molecule has 0 saturated heterocycles. The van der Waals surface area contributed by atoms with Crippen molar-refractivity contribution in [3.63, 3.8) is 0 Å². The van der Waals surface area contributed by atoms with Crippen molar-refractivity contribution in [1.29, 1.82) is 0 Å². The molecule has 0 saturated carbocycles. The van der Waals surface area contributed by atoms with E-state index in [1.807, 2.05) is 0 Å².